The van der Waals surface area contributed by atoms with Crippen molar-refractivity contribution in [2.24, 2.45) is 11.8 Å². The first-order valence-corrected chi connectivity index (χ1v) is 6.17. The third-order valence-electron chi connectivity index (χ3n) is 3.85. The van der Waals surface area contributed by atoms with Crippen molar-refractivity contribution in [3.05, 3.63) is 34.4 Å². The molecule has 0 saturated heterocycles. The normalized spacial score (nSPS) is 18.2. The molecule has 0 radical (unpaired) electrons. The summed E-state index contributed by atoms with van der Waals surface area (Å²) in [7, 11) is 0. The number of rotatable bonds is 3. The van der Waals surface area contributed by atoms with Crippen LogP contribution in [0.2, 0.25) is 0 Å². The van der Waals surface area contributed by atoms with Gasteiger partial charge < -0.3 is 0 Å². The Hall–Kier alpha value is -0.860. The predicted molar refractivity (Wildman–Crippen MR) is 68.1 cm³/mol. The van der Waals surface area contributed by atoms with E-state index in [0.717, 1.165) is 5.92 Å². The highest BCUT2D eigenvalue weighted by Crippen LogP contribution is 2.39. The Morgan fingerprint density at radius 1 is 1.19 bits per heavy atom. The largest absolute Gasteiger partial charge is 0.271 e. The molecule has 16 heavy (non-hydrogen) atoms. The standard InChI is InChI=1S/C14H22N2/c1-9-7-10(2)13(11(3)8-9)14(16-15)12-5-4-6-12/h7-8,12,14,16H,4-6,15H2,1-3H3. The average molecular weight is 218 g/mol. The van der Waals surface area contributed by atoms with Gasteiger partial charge in [-0.25, -0.2) is 0 Å². The smallest absolute Gasteiger partial charge is 0.0493 e. The van der Waals surface area contributed by atoms with Crippen molar-refractivity contribution >= 4 is 0 Å². The third-order valence-corrected chi connectivity index (χ3v) is 3.85. The van der Waals surface area contributed by atoms with Crippen LogP contribution >= 0.6 is 0 Å². The maximum absolute atomic E-state index is 5.74. The van der Waals surface area contributed by atoms with Gasteiger partial charge in [0.1, 0.15) is 0 Å². The van der Waals surface area contributed by atoms with Gasteiger partial charge in [-0.2, -0.15) is 0 Å². The lowest BCUT2D eigenvalue weighted by Crippen LogP contribution is -2.37. The molecule has 1 unspecified atom stereocenters. The van der Waals surface area contributed by atoms with Crippen LogP contribution in [0.3, 0.4) is 0 Å². The molecule has 2 heteroatoms. The number of nitrogens with one attached hydrogen (secondary N) is 1. The Balaban J connectivity index is 2.36. The molecule has 0 aliphatic heterocycles. The van der Waals surface area contributed by atoms with Crippen LogP contribution in [-0.2, 0) is 0 Å². The molecule has 2 rings (SSSR count). The summed E-state index contributed by atoms with van der Waals surface area (Å²) in [6, 6.07) is 4.85. The molecular formula is C14H22N2. The summed E-state index contributed by atoms with van der Waals surface area (Å²) in [5.74, 6) is 6.47. The van der Waals surface area contributed by atoms with E-state index in [1.54, 1.807) is 0 Å². The van der Waals surface area contributed by atoms with Gasteiger partial charge >= 0.3 is 0 Å². The lowest BCUT2D eigenvalue weighted by atomic mass is 9.75. The van der Waals surface area contributed by atoms with Crippen LogP contribution in [0, 0.1) is 26.7 Å². The second kappa shape index (κ2) is 4.56. The van der Waals surface area contributed by atoms with Gasteiger partial charge in [0.15, 0.2) is 0 Å². The molecule has 1 aliphatic carbocycles. The monoisotopic (exact) mass is 218 g/mol. The number of benzene rings is 1. The van der Waals surface area contributed by atoms with E-state index >= 15 is 0 Å². The zero-order valence-electron chi connectivity index (χ0n) is 10.5. The van der Waals surface area contributed by atoms with Crippen molar-refractivity contribution < 1.29 is 0 Å². The van der Waals surface area contributed by atoms with Crippen molar-refractivity contribution in [1.82, 2.24) is 5.43 Å². The zero-order chi connectivity index (χ0) is 11.7. The molecule has 88 valence electrons. The van der Waals surface area contributed by atoms with Gasteiger partial charge in [0, 0.05) is 6.04 Å². The van der Waals surface area contributed by atoms with E-state index in [-0.39, 0.29) is 0 Å². The molecular weight excluding hydrogens is 196 g/mol. The van der Waals surface area contributed by atoms with Crippen LogP contribution in [0.1, 0.15) is 47.6 Å². The first-order valence-electron chi connectivity index (χ1n) is 6.17. The average Bonchev–Trinajstić information content (AvgIpc) is 2.11. The van der Waals surface area contributed by atoms with Crippen molar-refractivity contribution in [1.29, 1.82) is 0 Å². The molecule has 1 aromatic carbocycles. The molecule has 1 fully saturated rings. The summed E-state index contributed by atoms with van der Waals surface area (Å²) >= 11 is 0. The lowest BCUT2D eigenvalue weighted by molar-refractivity contribution is 0.231. The highest BCUT2D eigenvalue weighted by molar-refractivity contribution is 5.40. The fraction of sp³-hybridized carbons (Fsp3) is 0.571. The molecule has 0 aromatic heterocycles. The van der Waals surface area contributed by atoms with E-state index in [0.29, 0.717) is 6.04 Å². The van der Waals surface area contributed by atoms with Gasteiger partial charge in [-0.1, -0.05) is 24.1 Å². The summed E-state index contributed by atoms with van der Waals surface area (Å²) in [6.07, 6.45) is 3.97. The second-order valence-electron chi connectivity index (χ2n) is 5.15. The number of hydrogen-bond acceptors (Lipinski definition) is 2. The molecule has 1 atom stereocenters. The summed E-state index contributed by atoms with van der Waals surface area (Å²) in [6.45, 7) is 6.54. The van der Waals surface area contributed by atoms with Gasteiger partial charge in [-0.3, -0.25) is 11.3 Å². The molecule has 1 aromatic rings. The summed E-state index contributed by atoms with van der Waals surface area (Å²) in [5, 5.41) is 0. The minimum atomic E-state index is 0.342. The predicted octanol–water partition coefficient (Wildman–Crippen LogP) is 2.92. The molecule has 3 N–H and O–H groups in total. The van der Waals surface area contributed by atoms with Gasteiger partial charge in [-0.05, 0) is 56.2 Å². The van der Waals surface area contributed by atoms with Crippen molar-refractivity contribution in [3.63, 3.8) is 0 Å². The minimum Gasteiger partial charge on any atom is -0.271 e. The number of nitrogens with two attached hydrogens (primary N) is 1. The highest BCUT2D eigenvalue weighted by Gasteiger charge is 2.29. The lowest BCUT2D eigenvalue weighted by Gasteiger charge is -2.35. The fourth-order valence-electron chi connectivity index (χ4n) is 2.91. The summed E-state index contributed by atoms with van der Waals surface area (Å²) in [5.41, 5.74) is 8.51. The zero-order valence-corrected chi connectivity index (χ0v) is 10.5. The van der Waals surface area contributed by atoms with Crippen LogP contribution in [0.15, 0.2) is 12.1 Å². The molecule has 1 saturated carbocycles. The summed E-state index contributed by atoms with van der Waals surface area (Å²) < 4.78 is 0. The second-order valence-corrected chi connectivity index (χ2v) is 5.15. The molecule has 1 aliphatic rings. The Labute approximate surface area is 98.2 Å². The first kappa shape index (κ1) is 11.6. The van der Waals surface area contributed by atoms with Crippen LogP contribution in [0.5, 0.6) is 0 Å². The SMILES string of the molecule is Cc1cc(C)c(C(NN)C2CCC2)c(C)c1. The maximum Gasteiger partial charge on any atom is 0.0493 e. The van der Waals surface area contributed by atoms with Gasteiger partial charge in [-0.15, -0.1) is 0 Å². The fourth-order valence-corrected chi connectivity index (χ4v) is 2.91. The Morgan fingerprint density at radius 2 is 1.75 bits per heavy atom. The van der Waals surface area contributed by atoms with E-state index in [4.69, 9.17) is 5.84 Å². The topological polar surface area (TPSA) is 38.0 Å². The van der Waals surface area contributed by atoms with Crippen LogP contribution < -0.4 is 11.3 Å². The van der Waals surface area contributed by atoms with Gasteiger partial charge in [0.2, 0.25) is 0 Å². The summed E-state index contributed by atoms with van der Waals surface area (Å²) in [4.78, 5) is 0. The third kappa shape index (κ3) is 2.00. The van der Waals surface area contributed by atoms with E-state index in [1.165, 1.54) is 41.5 Å². The molecule has 0 heterocycles. The Morgan fingerprint density at radius 3 is 2.12 bits per heavy atom. The number of aryl methyl sites for hydroxylation is 3. The van der Waals surface area contributed by atoms with E-state index in [1.807, 2.05) is 0 Å². The van der Waals surface area contributed by atoms with Crippen molar-refractivity contribution in [3.8, 4) is 0 Å². The quantitative estimate of drug-likeness (QED) is 0.604. The van der Waals surface area contributed by atoms with Crippen LogP contribution in [0.25, 0.3) is 0 Å². The molecule has 0 amide bonds. The molecule has 2 nitrogen and oxygen atoms in total. The van der Waals surface area contributed by atoms with E-state index in [2.05, 4.69) is 38.3 Å². The Kier molecular flexibility index (Phi) is 3.31. The van der Waals surface area contributed by atoms with Crippen LogP contribution in [0.4, 0.5) is 0 Å². The minimum absolute atomic E-state index is 0.342. The molecule has 0 spiro atoms. The highest BCUT2D eigenvalue weighted by atomic mass is 15.2. The van der Waals surface area contributed by atoms with Gasteiger partial charge in [0.05, 0.1) is 0 Å². The Bertz CT molecular complexity index is 357. The number of hydrazine groups is 1. The van der Waals surface area contributed by atoms with Crippen molar-refractivity contribution in [2.45, 2.75) is 46.1 Å². The maximum atomic E-state index is 5.74. The number of hydrogen-bond donors (Lipinski definition) is 2. The van der Waals surface area contributed by atoms with Gasteiger partial charge in [0.25, 0.3) is 0 Å². The molecule has 0 bridgehead atoms. The van der Waals surface area contributed by atoms with Crippen molar-refractivity contribution in [2.75, 3.05) is 0 Å². The van der Waals surface area contributed by atoms with Crippen LogP contribution in [-0.4, -0.2) is 0 Å². The van der Waals surface area contributed by atoms with E-state index < -0.39 is 0 Å². The first-order chi connectivity index (χ1) is 7.63. The van der Waals surface area contributed by atoms with E-state index in [9.17, 15) is 0 Å².